The number of likely N-dealkylation sites (tertiary alicyclic amines) is 2. The van der Waals surface area contributed by atoms with Crippen LogP contribution in [0.15, 0.2) is 36.7 Å². The molecule has 0 unspecified atom stereocenters. The molecule has 4 amide bonds. The zero-order valence-electron chi connectivity index (χ0n) is 30.1. The first-order valence-electron chi connectivity index (χ1n) is 17.3. The number of benzene rings is 1. The molecule has 2 aliphatic heterocycles. The van der Waals surface area contributed by atoms with Gasteiger partial charge in [-0.2, -0.15) is 0 Å². The zero-order valence-corrected chi connectivity index (χ0v) is 30.1. The van der Waals surface area contributed by atoms with Crippen molar-refractivity contribution < 1.29 is 28.7 Å². The minimum Gasteiger partial charge on any atom is -0.453 e. The lowest BCUT2D eigenvalue weighted by atomic mass is 10.0. The maximum atomic E-state index is 13.6. The molecule has 0 aliphatic carbocycles. The van der Waals surface area contributed by atoms with E-state index in [1.807, 2.05) is 74.2 Å². The molecule has 0 bridgehead atoms. The minimum atomic E-state index is -0.707. The Hall–Kier alpha value is -4.88. The van der Waals surface area contributed by atoms with E-state index in [0.29, 0.717) is 24.7 Å². The van der Waals surface area contributed by atoms with Gasteiger partial charge in [-0.05, 0) is 36.5 Å². The molecule has 0 spiro atoms. The standard InChI is InChI=1S/C36H50N8O6/c1-19(2)29(41-35(47)49-7)33(45)43-17-21(5)13-27(43)31-37-15-25(39-31)23-9-11-24(12-10-23)26-16-38-32(40-26)28-14-22(6)18-44(28)34(46)30(20(3)4)42-36(48)50-8/h9-12,15-16,19-22,27-30H,13-14,17-18H2,1-8H3,(H,37,39)(H,38,40)(H,41,47)(H,42,48)/t21-,22-,27-,28+,29-,30-/m0/s1. The van der Waals surface area contributed by atoms with Gasteiger partial charge in [0.25, 0.3) is 0 Å². The van der Waals surface area contributed by atoms with Gasteiger partial charge in [0.15, 0.2) is 0 Å². The number of aromatic nitrogens is 4. The Morgan fingerprint density at radius 2 is 1.06 bits per heavy atom. The number of hydrogen-bond acceptors (Lipinski definition) is 8. The Bertz CT molecular complexity index is 1550. The van der Waals surface area contributed by atoms with E-state index in [1.165, 1.54) is 14.2 Å². The van der Waals surface area contributed by atoms with Crippen LogP contribution in [-0.4, -0.2) is 93.1 Å². The smallest absolute Gasteiger partial charge is 0.407 e. The summed E-state index contributed by atoms with van der Waals surface area (Å²) in [5.41, 5.74) is 3.32. The quantitative estimate of drug-likeness (QED) is 0.229. The highest BCUT2D eigenvalue weighted by Gasteiger charge is 2.41. The predicted octanol–water partition coefficient (Wildman–Crippen LogP) is 5.05. The van der Waals surface area contributed by atoms with Crippen molar-refractivity contribution in [2.45, 2.75) is 78.6 Å². The SMILES string of the molecule is COC(=O)N[C@H](C(=O)N1C[C@@H](C)C[C@@H]1c1nc(-c2ccc(-c3c[nH]c([C@@H]4C[C@H](C)CN4C(=O)[C@@H](NC(=O)OC)C(C)C)n3)cc2)c[nH]1)C(C)C. The van der Waals surface area contributed by atoms with Crippen LogP contribution in [0, 0.1) is 23.7 Å². The minimum absolute atomic E-state index is 0.120. The van der Waals surface area contributed by atoms with Crippen molar-refractivity contribution in [2.75, 3.05) is 27.3 Å². The van der Waals surface area contributed by atoms with Gasteiger partial charge in [0.1, 0.15) is 23.7 Å². The summed E-state index contributed by atoms with van der Waals surface area (Å²) >= 11 is 0. The van der Waals surface area contributed by atoms with E-state index < -0.39 is 24.3 Å². The van der Waals surface area contributed by atoms with Gasteiger partial charge in [0, 0.05) is 36.6 Å². The molecule has 270 valence electrons. The van der Waals surface area contributed by atoms with E-state index in [1.54, 1.807) is 0 Å². The average molecular weight is 691 g/mol. The van der Waals surface area contributed by atoms with E-state index in [0.717, 1.165) is 35.4 Å². The number of H-pyrrole nitrogens is 2. The van der Waals surface area contributed by atoms with Gasteiger partial charge in [-0.15, -0.1) is 0 Å². The molecule has 0 saturated carbocycles. The molecule has 3 aromatic rings. The van der Waals surface area contributed by atoms with Crippen LogP contribution in [0.4, 0.5) is 9.59 Å². The highest BCUT2D eigenvalue weighted by molar-refractivity contribution is 5.87. The van der Waals surface area contributed by atoms with Gasteiger partial charge in [-0.3, -0.25) is 9.59 Å². The van der Waals surface area contributed by atoms with E-state index in [2.05, 4.69) is 34.4 Å². The monoisotopic (exact) mass is 690 g/mol. The van der Waals surface area contributed by atoms with Gasteiger partial charge in [-0.1, -0.05) is 65.8 Å². The number of aromatic amines is 2. The molecule has 4 N–H and O–H groups in total. The summed E-state index contributed by atoms with van der Waals surface area (Å²) in [4.78, 5) is 71.2. The fourth-order valence-electron chi connectivity index (χ4n) is 6.98. The molecule has 5 rings (SSSR count). The summed E-state index contributed by atoms with van der Waals surface area (Å²) in [6, 6.07) is 6.03. The number of nitrogens with zero attached hydrogens (tertiary/aromatic N) is 4. The first-order chi connectivity index (χ1) is 23.8. The van der Waals surface area contributed by atoms with Crippen LogP contribution in [0.1, 0.15) is 78.1 Å². The maximum absolute atomic E-state index is 13.6. The molecule has 2 aliphatic rings. The number of carbonyl (C=O) groups excluding carboxylic acids is 4. The van der Waals surface area contributed by atoms with Crippen molar-refractivity contribution in [3.63, 3.8) is 0 Å². The summed E-state index contributed by atoms with van der Waals surface area (Å²) in [5, 5.41) is 5.39. The van der Waals surface area contributed by atoms with Gasteiger partial charge < -0.3 is 39.9 Å². The number of rotatable bonds is 10. The molecule has 1 aromatic carbocycles. The lowest BCUT2D eigenvalue weighted by Crippen LogP contribution is -2.51. The van der Waals surface area contributed by atoms with Crippen molar-refractivity contribution in [3.8, 4) is 22.5 Å². The lowest BCUT2D eigenvalue weighted by molar-refractivity contribution is -0.136. The number of imidazole rings is 2. The fourth-order valence-corrected chi connectivity index (χ4v) is 6.98. The van der Waals surface area contributed by atoms with Crippen LogP contribution in [-0.2, 0) is 19.1 Å². The Labute approximate surface area is 293 Å². The van der Waals surface area contributed by atoms with Crippen LogP contribution >= 0.6 is 0 Å². The fraction of sp³-hybridized carbons (Fsp3) is 0.556. The molecule has 50 heavy (non-hydrogen) atoms. The van der Waals surface area contributed by atoms with Crippen molar-refractivity contribution in [3.05, 3.63) is 48.3 Å². The van der Waals surface area contributed by atoms with Gasteiger partial charge >= 0.3 is 12.2 Å². The third-order valence-electron chi connectivity index (χ3n) is 9.67. The number of carbonyl (C=O) groups is 4. The second kappa shape index (κ2) is 15.3. The largest absolute Gasteiger partial charge is 0.453 e. The normalized spacial score (nSPS) is 21.7. The Kier molecular flexibility index (Phi) is 11.2. The molecule has 4 heterocycles. The van der Waals surface area contributed by atoms with Crippen LogP contribution in [0.3, 0.4) is 0 Å². The summed E-state index contributed by atoms with van der Waals surface area (Å²) in [6.07, 6.45) is 3.94. The molecule has 2 aromatic heterocycles. The number of nitrogens with one attached hydrogen (secondary N) is 4. The van der Waals surface area contributed by atoms with E-state index in [4.69, 9.17) is 19.4 Å². The van der Waals surface area contributed by atoms with E-state index in [-0.39, 0.29) is 47.6 Å². The average Bonchev–Trinajstić information content (AvgIpc) is 3.91. The van der Waals surface area contributed by atoms with Gasteiger partial charge in [0.05, 0.1) is 37.7 Å². The summed E-state index contributed by atoms with van der Waals surface area (Å²) < 4.78 is 9.52. The van der Waals surface area contributed by atoms with Crippen LogP contribution in [0.5, 0.6) is 0 Å². The number of methoxy groups -OCH3 is 2. The van der Waals surface area contributed by atoms with Crippen LogP contribution in [0.25, 0.3) is 22.5 Å². The second-order valence-electron chi connectivity index (χ2n) is 14.3. The number of amides is 4. The third kappa shape index (κ3) is 7.79. The van der Waals surface area contributed by atoms with E-state index >= 15 is 0 Å². The Morgan fingerprint density at radius 3 is 1.38 bits per heavy atom. The number of ether oxygens (including phenoxy) is 2. The highest BCUT2D eigenvalue weighted by Crippen LogP contribution is 2.37. The maximum Gasteiger partial charge on any atom is 0.407 e. The second-order valence-corrected chi connectivity index (χ2v) is 14.3. The molecule has 14 heteroatoms. The number of hydrogen-bond donors (Lipinski definition) is 4. The van der Waals surface area contributed by atoms with Crippen molar-refractivity contribution in [1.82, 2.24) is 40.4 Å². The summed E-state index contributed by atoms with van der Waals surface area (Å²) in [7, 11) is 2.57. The first kappa shape index (κ1) is 36.4. The molecule has 2 fully saturated rings. The summed E-state index contributed by atoms with van der Waals surface area (Å²) in [6.45, 7) is 12.9. The molecule has 6 atom stereocenters. The predicted molar refractivity (Wildman–Crippen MR) is 186 cm³/mol. The van der Waals surface area contributed by atoms with Gasteiger partial charge in [0.2, 0.25) is 11.8 Å². The van der Waals surface area contributed by atoms with E-state index in [9.17, 15) is 19.2 Å². The summed E-state index contributed by atoms with van der Waals surface area (Å²) in [5.74, 6) is 1.39. The Balaban J connectivity index is 1.30. The molecule has 2 saturated heterocycles. The molecule has 0 radical (unpaired) electrons. The third-order valence-corrected chi connectivity index (χ3v) is 9.67. The Morgan fingerprint density at radius 1 is 0.700 bits per heavy atom. The van der Waals surface area contributed by atoms with Crippen LogP contribution < -0.4 is 10.6 Å². The molecular formula is C36H50N8O6. The van der Waals surface area contributed by atoms with Gasteiger partial charge in [-0.25, -0.2) is 19.6 Å². The topological polar surface area (TPSA) is 175 Å². The number of alkyl carbamates (subject to hydrolysis) is 2. The van der Waals surface area contributed by atoms with Crippen molar-refractivity contribution in [1.29, 1.82) is 0 Å². The zero-order chi connectivity index (χ0) is 36.3. The molecule has 14 nitrogen and oxygen atoms in total. The molecular weight excluding hydrogens is 640 g/mol. The highest BCUT2D eigenvalue weighted by atomic mass is 16.5. The lowest BCUT2D eigenvalue weighted by Gasteiger charge is -2.30. The van der Waals surface area contributed by atoms with Crippen molar-refractivity contribution >= 4 is 24.0 Å². The van der Waals surface area contributed by atoms with Crippen molar-refractivity contribution in [2.24, 2.45) is 23.7 Å². The van der Waals surface area contributed by atoms with Crippen LogP contribution in [0.2, 0.25) is 0 Å². The first-order valence-corrected chi connectivity index (χ1v) is 17.3.